The van der Waals surface area contributed by atoms with Gasteiger partial charge in [0, 0.05) is 11.1 Å². The van der Waals surface area contributed by atoms with Crippen LogP contribution in [0.1, 0.15) is 17.6 Å². The molecule has 0 aliphatic heterocycles. The number of rotatable bonds is 1. The Labute approximate surface area is 61.7 Å². The first-order valence-corrected chi connectivity index (χ1v) is 3.62. The van der Waals surface area contributed by atoms with Gasteiger partial charge in [-0.1, -0.05) is 6.92 Å². The van der Waals surface area contributed by atoms with E-state index < -0.39 is 0 Å². The zero-order chi connectivity index (χ0) is 5.98. The summed E-state index contributed by atoms with van der Waals surface area (Å²) in [4.78, 5) is 4.25. The molecule has 0 radical (unpaired) electrons. The van der Waals surface area contributed by atoms with Crippen molar-refractivity contribution in [1.82, 2.24) is 4.98 Å². The molecule has 0 saturated heterocycles. The summed E-state index contributed by atoms with van der Waals surface area (Å²) in [5.41, 5.74) is 1.15. The fraction of sp³-hybridized carbons (Fsp3) is 0.500. The first kappa shape index (κ1) is 8.69. The molecule has 0 atom stereocenters. The average Bonchev–Trinajstić information content (AvgIpc) is 2.14. The van der Waals surface area contributed by atoms with Crippen LogP contribution in [0.5, 0.6) is 0 Å². The van der Waals surface area contributed by atoms with E-state index in [1.54, 1.807) is 11.3 Å². The molecule has 0 aromatic carbocycles. The van der Waals surface area contributed by atoms with Crippen molar-refractivity contribution >= 4 is 19.7 Å². The second-order valence-corrected chi connectivity index (χ2v) is 2.68. The Morgan fingerprint density at radius 2 is 2.33 bits per heavy atom. The molecule has 0 spiro atoms. The lowest BCUT2D eigenvalue weighted by Gasteiger charge is -1.79. The molecule has 1 aromatic rings. The molecule has 0 N–H and O–H groups in total. The van der Waals surface area contributed by atoms with Gasteiger partial charge in [-0.05, 0) is 13.3 Å². The van der Waals surface area contributed by atoms with Crippen molar-refractivity contribution < 1.29 is 0 Å². The highest BCUT2D eigenvalue weighted by molar-refractivity contribution is 7.09. The van der Waals surface area contributed by atoms with E-state index >= 15 is 0 Å². The topological polar surface area (TPSA) is 12.9 Å². The smallest absolute Gasteiger partial charge is 0.0925 e. The maximum Gasteiger partial charge on any atom is 0.0925 e. The van der Waals surface area contributed by atoms with E-state index in [0.717, 1.165) is 12.1 Å². The molecule has 3 heteroatoms. The normalized spacial score (nSPS) is 8.67. The zero-order valence-corrected chi connectivity index (χ0v) is 5.96. The van der Waals surface area contributed by atoms with Crippen molar-refractivity contribution in [2.75, 3.05) is 0 Å². The monoisotopic (exact) mass is 141 g/mol. The largest absolute Gasteiger partial charge is 0.247 e. The van der Waals surface area contributed by atoms with Crippen molar-refractivity contribution in [2.45, 2.75) is 20.3 Å². The number of hydrogen-bond donors (Lipinski definition) is 0. The van der Waals surface area contributed by atoms with Gasteiger partial charge in [0.25, 0.3) is 0 Å². The van der Waals surface area contributed by atoms with Crippen LogP contribution in [0, 0.1) is 6.92 Å². The summed E-state index contributed by atoms with van der Waals surface area (Å²) in [6, 6.07) is 0. The van der Waals surface area contributed by atoms with E-state index in [-0.39, 0.29) is 8.41 Å². The van der Waals surface area contributed by atoms with Crippen molar-refractivity contribution in [2.24, 2.45) is 0 Å². The summed E-state index contributed by atoms with van der Waals surface area (Å²) in [6.45, 7) is 4.15. The SMILES string of the molecule is B.CCc1nc(C)cs1. The molecule has 0 bridgehead atoms. The van der Waals surface area contributed by atoms with Crippen LogP contribution >= 0.6 is 11.3 Å². The van der Waals surface area contributed by atoms with Crippen LogP contribution < -0.4 is 0 Å². The molecule has 0 aliphatic carbocycles. The van der Waals surface area contributed by atoms with Crippen LogP contribution in [0.2, 0.25) is 0 Å². The highest BCUT2D eigenvalue weighted by atomic mass is 32.1. The van der Waals surface area contributed by atoms with Gasteiger partial charge in [0.1, 0.15) is 0 Å². The molecule has 50 valence electrons. The lowest BCUT2D eigenvalue weighted by Crippen LogP contribution is -1.75. The van der Waals surface area contributed by atoms with Gasteiger partial charge in [0.2, 0.25) is 0 Å². The van der Waals surface area contributed by atoms with Gasteiger partial charge in [0.15, 0.2) is 0 Å². The second-order valence-electron chi connectivity index (χ2n) is 1.74. The molecule has 0 aliphatic rings. The van der Waals surface area contributed by atoms with Crippen molar-refractivity contribution in [3.8, 4) is 0 Å². The fourth-order valence-corrected chi connectivity index (χ4v) is 1.29. The molecule has 1 nitrogen and oxygen atoms in total. The maximum atomic E-state index is 4.25. The van der Waals surface area contributed by atoms with Gasteiger partial charge in [-0.25, -0.2) is 4.98 Å². The van der Waals surface area contributed by atoms with E-state index in [2.05, 4.69) is 17.3 Å². The van der Waals surface area contributed by atoms with Crippen molar-refractivity contribution in [1.29, 1.82) is 0 Å². The number of aromatic nitrogens is 1. The van der Waals surface area contributed by atoms with E-state index in [9.17, 15) is 0 Å². The van der Waals surface area contributed by atoms with Crippen LogP contribution in [0.25, 0.3) is 0 Å². The molecule has 0 saturated carbocycles. The minimum absolute atomic E-state index is 0. The highest BCUT2D eigenvalue weighted by Crippen LogP contribution is 2.07. The van der Waals surface area contributed by atoms with E-state index in [1.165, 1.54) is 5.01 Å². The predicted molar refractivity (Wildman–Crippen MR) is 46.2 cm³/mol. The standard InChI is InChI=1S/C6H9NS.BH3/c1-3-6-7-5(2)4-8-6;/h4H,3H2,1-2H3;1H3. The van der Waals surface area contributed by atoms with Crippen LogP contribution in [-0.4, -0.2) is 13.4 Å². The molecule has 1 heterocycles. The van der Waals surface area contributed by atoms with Gasteiger partial charge in [-0.2, -0.15) is 0 Å². The summed E-state index contributed by atoms with van der Waals surface area (Å²) in [5.74, 6) is 0. The molecule has 9 heavy (non-hydrogen) atoms. The number of aryl methyl sites for hydroxylation is 2. The summed E-state index contributed by atoms with van der Waals surface area (Å²) in [6.07, 6.45) is 1.07. The summed E-state index contributed by atoms with van der Waals surface area (Å²) in [7, 11) is 0. The summed E-state index contributed by atoms with van der Waals surface area (Å²) < 4.78 is 0. The van der Waals surface area contributed by atoms with Gasteiger partial charge in [0.05, 0.1) is 13.4 Å². The number of hydrogen-bond acceptors (Lipinski definition) is 2. The third-order valence-electron chi connectivity index (χ3n) is 0.969. The van der Waals surface area contributed by atoms with E-state index in [0.29, 0.717) is 0 Å². The zero-order valence-electron chi connectivity index (χ0n) is 5.14. The summed E-state index contributed by atoms with van der Waals surface area (Å²) in [5, 5.41) is 3.32. The third-order valence-corrected chi connectivity index (χ3v) is 2.08. The van der Waals surface area contributed by atoms with Crippen LogP contribution in [0.4, 0.5) is 0 Å². The van der Waals surface area contributed by atoms with Gasteiger partial charge >= 0.3 is 0 Å². The Bertz CT molecular complexity index is 173. The van der Waals surface area contributed by atoms with E-state index in [1.807, 2.05) is 6.92 Å². The second kappa shape index (κ2) is 3.67. The summed E-state index contributed by atoms with van der Waals surface area (Å²) >= 11 is 1.74. The van der Waals surface area contributed by atoms with Crippen LogP contribution in [0.15, 0.2) is 5.38 Å². The average molecular weight is 141 g/mol. The Morgan fingerprint density at radius 3 is 2.56 bits per heavy atom. The minimum Gasteiger partial charge on any atom is -0.247 e. The first-order chi connectivity index (χ1) is 3.83. The number of nitrogens with zero attached hydrogens (tertiary/aromatic N) is 1. The first-order valence-electron chi connectivity index (χ1n) is 2.74. The molecule has 1 rings (SSSR count). The Kier molecular flexibility index (Phi) is 3.55. The Balaban J connectivity index is 0.000000640. The molecule has 0 amide bonds. The molecular weight excluding hydrogens is 129 g/mol. The minimum atomic E-state index is 0. The third kappa shape index (κ3) is 2.18. The molecular formula is C6H12BNS. The quantitative estimate of drug-likeness (QED) is 0.528. The van der Waals surface area contributed by atoms with Gasteiger partial charge in [-0.3, -0.25) is 0 Å². The molecule has 0 unspecified atom stereocenters. The Morgan fingerprint density at radius 1 is 1.67 bits per heavy atom. The lowest BCUT2D eigenvalue weighted by molar-refractivity contribution is 1.07. The fourth-order valence-electron chi connectivity index (χ4n) is 0.565. The molecule has 0 fully saturated rings. The number of thiazole rings is 1. The van der Waals surface area contributed by atoms with Crippen LogP contribution in [0.3, 0.4) is 0 Å². The van der Waals surface area contributed by atoms with Gasteiger partial charge in [-0.15, -0.1) is 11.3 Å². The van der Waals surface area contributed by atoms with Crippen LogP contribution in [-0.2, 0) is 6.42 Å². The molecule has 1 aromatic heterocycles. The van der Waals surface area contributed by atoms with E-state index in [4.69, 9.17) is 0 Å². The maximum absolute atomic E-state index is 4.25. The van der Waals surface area contributed by atoms with Crippen molar-refractivity contribution in [3.63, 3.8) is 0 Å². The highest BCUT2D eigenvalue weighted by Gasteiger charge is 1.91. The predicted octanol–water partition coefficient (Wildman–Crippen LogP) is 0.830. The van der Waals surface area contributed by atoms with Gasteiger partial charge < -0.3 is 0 Å². The Hall–Kier alpha value is -0.305. The van der Waals surface area contributed by atoms with Crippen molar-refractivity contribution in [3.05, 3.63) is 16.1 Å². The lowest BCUT2D eigenvalue weighted by atomic mass is 10.5.